The lowest BCUT2D eigenvalue weighted by Gasteiger charge is -2.32. The van der Waals surface area contributed by atoms with E-state index in [9.17, 15) is 4.79 Å². The average Bonchev–Trinajstić information content (AvgIpc) is 2.28. The zero-order valence-electron chi connectivity index (χ0n) is 9.81. The molecule has 0 spiro atoms. The number of amides is 2. The van der Waals surface area contributed by atoms with Crippen LogP contribution < -0.4 is 5.73 Å². The maximum atomic E-state index is 12.0. The monoisotopic (exact) mass is 245 g/mol. The van der Waals surface area contributed by atoms with Crippen LogP contribution in [0, 0.1) is 5.92 Å². The van der Waals surface area contributed by atoms with Gasteiger partial charge in [-0.3, -0.25) is 0 Å². The molecule has 5 nitrogen and oxygen atoms in total. The van der Waals surface area contributed by atoms with E-state index in [0.29, 0.717) is 37.8 Å². The molecule has 0 aliphatic carbocycles. The minimum atomic E-state index is 0.0198. The van der Waals surface area contributed by atoms with Gasteiger partial charge in [0.15, 0.2) is 0 Å². The highest BCUT2D eigenvalue weighted by molar-refractivity contribution is 7.80. The van der Waals surface area contributed by atoms with E-state index in [1.54, 1.807) is 16.8 Å². The lowest BCUT2D eigenvalue weighted by Crippen LogP contribution is -2.48. The first kappa shape index (κ1) is 13.2. The molecule has 1 unspecified atom stereocenters. The second-order valence-electron chi connectivity index (χ2n) is 4.07. The van der Waals surface area contributed by atoms with Crippen LogP contribution in [0.2, 0.25) is 0 Å². The van der Waals surface area contributed by atoms with Gasteiger partial charge in [0.1, 0.15) is 0 Å². The van der Waals surface area contributed by atoms with E-state index in [1.807, 2.05) is 6.92 Å². The molecular formula is C10H19N3O2S. The Hall–Kier alpha value is -0.880. The van der Waals surface area contributed by atoms with E-state index in [-0.39, 0.29) is 11.9 Å². The number of thiocarbonyl (C=S) groups is 1. The summed E-state index contributed by atoms with van der Waals surface area (Å²) in [6, 6.07) is 0.0198. The molecular weight excluding hydrogens is 226 g/mol. The van der Waals surface area contributed by atoms with Crippen molar-refractivity contribution in [2.45, 2.75) is 6.92 Å². The van der Waals surface area contributed by atoms with Gasteiger partial charge >= 0.3 is 6.03 Å². The molecule has 0 radical (unpaired) electrons. The van der Waals surface area contributed by atoms with Crippen LogP contribution >= 0.6 is 12.2 Å². The van der Waals surface area contributed by atoms with Crippen LogP contribution in [0.4, 0.5) is 4.79 Å². The summed E-state index contributed by atoms with van der Waals surface area (Å²) < 4.78 is 5.20. The van der Waals surface area contributed by atoms with Crippen LogP contribution in [-0.2, 0) is 4.74 Å². The Morgan fingerprint density at radius 3 is 2.62 bits per heavy atom. The van der Waals surface area contributed by atoms with Crippen molar-refractivity contribution in [2.75, 3.05) is 39.9 Å². The summed E-state index contributed by atoms with van der Waals surface area (Å²) >= 11 is 4.89. The minimum absolute atomic E-state index is 0.0198. The van der Waals surface area contributed by atoms with E-state index in [1.165, 1.54) is 0 Å². The van der Waals surface area contributed by atoms with Gasteiger partial charge < -0.3 is 20.3 Å². The number of ether oxygens (including phenoxy) is 1. The smallest absolute Gasteiger partial charge is 0.319 e. The second-order valence-corrected chi connectivity index (χ2v) is 4.54. The number of nitrogens with zero attached hydrogens (tertiary/aromatic N) is 2. The molecule has 0 bridgehead atoms. The van der Waals surface area contributed by atoms with Crippen molar-refractivity contribution in [3.63, 3.8) is 0 Å². The molecule has 2 amide bonds. The normalized spacial score (nSPS) is 18.0. The molecule has 0 aromatic carbocycles. The fraction of sp³-hybridized carbons (Fsp3) is 0.800. The van der Waals surface area contributed by atoms with E-state index < -0.39 is 0 Å². The first-order valence-electron chi connectivity index (χ1n) is 5.39. The first-order valence-corrected chi connectivity index (χ1v) is 5.80. The zero-order valence-corrected chi connectivity index (χ0v) is 10.6. The highest BCUT2D eigenvalue weighted by Gasteiger charge is 2.21. The van der Waals surface area contributed by atoms with Crippen molar-refractivity contribution in [3.8, 4) is 0 Å². The van der Waals surface area contributed by atoms with E-state index >= 15 is 0 Å². The maximum Gasteiger partial charge on any atom is 0.319 e. The van der Waals surface area contributed by atoms with Gasteiger partial charge in [0.2, 0.25) is 0 Å². The van der Waals surface area contributed by atoms with E-state index in [2.05, 4.69) is 0 Å². The highest BCUT2D eigenvalue weighted by Crippen LogP contribution is 2.05. The van der Waals surface area contributed by atoms with Gasteiger partial charge in [-0.2, -0.15) is 0 Å². The zero-order chi connectivity index (χ0) is 12.1. The Labute approximate surface area is 102 Å². The van der Waals surface area contributed by atoms with Crippen LogP contribution in [0.25, 0.3) is 0 Å². The molecule has 1 atom stereocenters. The third kappa shape index (κ3) is 3.61. The Morgan fingerprint density at radius 2 is 2.12 bits per heavy atom. The van der Waals surface area contributed by atoms with Crippen molar-refractivity contribution in [3.05, 3.63) is 0 Å². The number of hydrogen-bond acceptors (Lipinski definition) is 3. The van der Waals surface area contributed by atoms with Gasteiger partial charge in [0.05, 0.1) is 18.2 Å². The molecule has 0 aromatic heterocycles. The maximum absolute atomic E-state index is 12.0. The fourth-order valence-corrected chi connectivity index (χ4v) is 1.65. The molecule has 1 aliphatic heterocycles. The quantitative estimate of drug-likeness (QED) is 0.726. The highest BCUT2D eigenvalue weighted by atomic mass is 32.1. The van der Waals surface area contributed by atoms with Gasteiger partial charge in [-0.05, 0) is 0 Å². The van der Waals surface area contributed by atoms with E-state index in [4.69, 9.17) is 22.7 Å². The van der Waals surface area contributed by atoms with Crippen molar-refractivity contribution in [1.29, 1.82) is 0 Å². The summed E-state index contributed by atoms with van der Waals surface area (Å²) in [5.74, 6) is 0.0463. The Kier molecular flexibility index (Phi) is 4.95. The molecule has 0 aromatic rings. The summed E-state index contributed by atoms with van der Waals surface area (Å²) in [4.78, 5) is 15.9. The molecule has 1 rings (SSSR count). The molecule has 0 saturated carbocycles. The molecule has 1 saturated heterocycles. The largest absolute Gasteiger partial charge is 0.393 e. The lowest BCUT2D eigenvalue weighted by molar-refractivity contribution is 0.0449. The van der Waals surface area contributed by atoms with Gasteiger partial charge in [-0.25, -0.2) is 4.79 Å². The van der Waals surface area contributed by atoms with Gasteiger partial charge in [-0.15, -0.1) is 0 Å². The first-order chi connectivity index (χ1) is 7.52. The van der Waals surface area contributed by atoms with Gasteiger partial charge in [0.25, 0.3) is 0 Å². The Morgan fingerprint density at radius 1 is 1.56 bits per heavy atom. The average molecular weight is 245 g/mol. The topological polar surface area (TPSA) is 58.8 Å². The molecule has 1 aliphatic rings. The predicted octanol–water partition coefficient (Wildman–Crippen LogP) is 0.293. The Balaban J connectivity index is 2.43. The summed E-state index contributed by atoms with van der Waals surface area (Å²) in [7, 11) is 1.77. The van der Waals surface area contributed by atoms with Crippen molar-refractivity contribution >= 4 is 23.2 Å². The number of hydrogen-bond donors (Lipinski definition) is 1. The number of morpholine rings is 1. The lowest BCUT2D eigenvalue weighted by atomic mass is 10.2. The predicted molar refractivity (Wildman–Crippen MR) is 66.4 cm³/mol. The SMILES string of the molecule is CC(CN(C)C(=O)N1CCOCC1)C(N)=S. The van der Waals surface area contributed by atoms with Crippen molar-refractivity contribution in [1.82, 2.24) is 9.80 Å². The van der Waals surface area contributed by atoms with Crippen molar-refractivity contribution in [2.24, 2.45) is 11.7 Å². The number of rotatable bonds is 3. The fourth-order valence-electron chi connectivity index (χ4n) is 1.57. The third-order valence-electron chi connectivity index (χ3n) is 2.64. The molecule has 6 heteroatoms. The molecule has 16 heavy (non-hydrogen) atoms. The van der Waals surface area contributed by atoms with Crippen LogP contribution in [-0.4, -0.2) is 60.7 Å². The number of urea groups is 1. The number of carbonyl (C=O) groups excluding carboxylic acids is 1. The van der Waals surface area contributed by atoms with Crippen LogP contribution in [0.1, 0.15) is 6.92 Å². The summed E-state index contributed by atoms with van der Waals surface area (Å²) in [5.41, 5.74) is 5.52. The van der Waals surface area contributed by atoms with Crippen molar-refractivity contribution < 1.29 is 9.53 Å². The number of nitrogens with two attached hydrogens (primary N) is 1. The van der Waals surface area contributed by atoms with Gasteiger partial charge in [0, 0.05) is 32.6 Å². The summed E-state index contributed by atoms with van der Waals surface area (Å²) in [6.45, 7) is 5.03. The summed E-state index contributed by atoms with van der Waals surface area (Å²) in [5, 5.41) is 0. The third-order valence-corrected chi connectivity index (χ3v) is 3.04. The second kappa shape index (κ2) is 6.00. The van der Waals surface area contributed by atoms with E-state index in [0.717, 1.165) is 0 Å². The molecule has 1 fully saturated rings. The standard InChI is InChI=1S/C10H19N3O2S/c1-8(9(11)16)7-12(2)10(14)13-3-5-15-6-4-13/h8H,3-7H2,1-2H3,(H2,11,16). The molecule has 1 heterocycles. The Bertz CT molecular complexity index is 267. The summed E-state index contributed by atoms with van der Waals surface area (Å²) in [6.07, 6.45) is 0. The van der Waals surface area contributed by atoms with Crippen LogP contribution in [0.5, 0.6) is 0 Å². The van der Waals surface area contributed by atoms with Gasteiger partial charge in [-0.1, -0.05) is 19.1 Å². The molecule has 2 N–H and O–H groups in total. The molecule has 92 valence electrons. The minimum Gasteiger partial charge on any atom is -0.393 e. The van der Waals surface area contributed by atoms with Crippen LogP contribution in [0.3, 0.4) is 0 Å². The van der Waals surface area contributed by atoms with Crippen LogP contribution in [0.15, 0.2) is 0 Å². The number of carbonyl (C=O) groups is 1.